The van der Waals surface area contributed by atoms with Crippen molar-refractivity contribution < 1.29 is 9.53 Å². The summed E-state index contributed by atoms with van der Waals surface area (Å²) in [5.74, 6) is 0.384. The lowest BCUT2D eigenvalue weighted by atomic mass is 9.76. The predicted molar refractivity (Wildman–Crippen MR) is 82.1 cm³/mol. The molecule has 0 spiro atoms. The van der Waals surface area contributed by atoms with Gasteiger partial charge in [-0.15, -0.1) is 0 Å². The van der Waals surface area contributed by atoms with Crippen molar-refractivity contribution in [1.82, 2.24) is 0 Å². The van der Waals surface area contributed by atoms with Gasteiger partial charge in [0.15, 0.2) is 0 Å². The zero-order valence-electron chi connectivity index (χ0n) is 12.1. The Bertz CT molecular complexity index is 460. The van der Waals surface area contributed by atoms with E-state index in [1.54, 1.807) is 0 Å². The summed E-state index contributed by atoms with van der Waals surface area (Å²) in [5, 5.41) is 4.10. The number of carbonyl (C=O) groups is 1. The number of rotatable bonds is 4. The zero-order chi connectivity index (χ0) is 14.6. The number of hydrogen-bond donors (Lipinski definition) is 1. The summed E-state index contributed by atoms with van der Waals surface area (Å²) in [7, 11) is 0. The highest BCUT2D eigenvalue weighted by Gasteiger charge is 2.43. The molecule has 0 amide bonds. The summed E-state index contributed by atoms with van der Waals surface area (Å²) < 4.78 is 5.30. The molecule has 1 N–H and O–H groups in total. The number of esters is 1. The number of anilines is 1. The highest BCUT2D eigenvalue weighted by atomic mass is 35.5. The summed E-state index contributed by atoms with van der Waals surface area (Å²) in [6.45, 7) is 4.45. The third kappa shape index (κ3) is 3.45. The van der Waals surface area contributed by atoms with Gasteiger partial charge >= 0.3 is 5.97 Å². The first-order valence-electron chi connectivity index (χ1n) is 7.27. The van der Waals surface area contributed by atoms with Crippen molar-refractivity contribution in [1.29, 1.82) is 0 Å². The molecule has 3 nitrogen and oxygen atoms in total. The Morgan fingerprint density at radius 2 is 2.15 bits per heavy atom. The Labute approximate surface area is 125 Å². The Morgan fingerprint density at radius 3 is 2.75 bits per heavy atom. The van der Waals surface area contributed by atoms with Crippen LogP contribution >= 0.6 is 11.6 Å². The summed E-state index contributed by atoms with van der Waals surface area (Å²) in [4.78, 5) is 12.4. The lowest BCUT2D eigenvalue weighted by Crippen LogP contribution is -2.50. The first kappa shape index (κ1) is 15.2. The van der Waals surface area contributed by atoms with Gasteiger partial charge in [0.25, 0.3) is 0 Å². The van der Waals surface area contributed by atoms with Gasteiger partial charge in [-0.1, -0.05) is 31.4 Å². The topological polar surface area (TPSA) is 38.3 Å². The normalized spacial score (nSPS) is 26.1. The van der Waals surface area contributed by atoms with E-state index in [2.05, 4.69) is 12.2 Å². The molecule has 0 aliphatic heterocycles. The van der Waals surface area contributed by atoms with Gasteiger partial charge in [-0.3, -0.25) is 0 Å². The second kappa shape index (κ2) is 6.49. The monoisotopic (exact) mass is 295 g/mol. The molecular formula is C16H22ClNO2. The molecule has 1 aromatic carbocycles. The molecule has 0 saturated heterocycles. The van der Waals surface area contributed by atoms with Crippen LogP contribution in [0.15, 0.2) is 24.3 Å². The Morgan fingerprint density at radius 1 is 1.45 bits per heavy atom. The van der Waals surface area contributed by atoms with E-state index < -0.39 is 5.54 Å². The van der Waals surface area contributed by atoms with Crippen molar-refractivity contribution in [2.24, 2.45) is 5.92 Å². The summed E-state index contributed by atoms with van der Waals surface area (Å²) >= 11 is 5.91. The van der Waals surface area contributed by atoms with Gasteiger partial charge in [0.1, 0.15) is 5.54 Å². The second-order valence-corrected chi connectivity index (χ2v) is 6.07. The lowest BCUT2D eigenvalue weighted by molar-refractivity contribution is -0.150. The van der Waals surface area contributed by atoms with Crippen LogP contribution in [0.4, 0.5) is 5.69 Å². The first-order valence-corrected chi connectivity index (χ1v) is 7.64. The van der Waals surface area contributed by atoms with Gasteiger partial charge in [-0.25, -0.2) is 4.79 Å². The largest absolute Gasteiger partial charge is 0.464 e. The maximum atomic E-state index is 12.4. The standard InChI is InChI=1S/C16H22ClNO2/c1-3-20-15(19)16(10-4-5-12(2)11-16)18-14-8-6-13(17)7-9-14/h6-9,12,18H,3-5,10-11H2,1-2H3. The van der Waals surface area contributed by atoms with E-state index in [1.807, 2.05) is 31.2 Å². The van der Waals surface area contributed by atoms with Crippen molar-refractivity contribution in [2.45, 2.75) is 45.1 Å². The minimum Gasteiger partial charge on any atom is -0.464 e. The molecule has 1 aliphatic rings. The van der Waals surface area contributed by atoms with E-state index in [9.17, 15) is 4.79 Å². The number of nitrogens with one attached hydrogen (secondary N) is 1. The van der Waals surface area contributed by atoms with Crippen LogP contribution in [0, 0.1) is 5.92 Å². The Balaban J connectivity index is 2.21. The van der Waals surface area contributed by atoms with Gasteiger partial charge in [0, 0.05) is 10.7 Å². The minimum atomic E-state index is -0.596. The highest BCUT2D eigenvalue weighted by Crippen LogP contribution is 2.36. The van der Waals surface area contributed by atoms with Gasteiger partial charge in [0.05, 0.1) is 6.61 Å². The van der Waals surface area contributed by atoms with E-state index in [0.717, 1.165) is 24.9 Å². The molecule has 1 aliphatic carbocycles. The quantitative estimate of drug-likeness (QED) is 0.843. The van der Waals surface area contributed by atoms with Crippen LogP contribution in [0.5, 0.6) is 0 Å². The number of ether oxygens (including phenoxy) is 1. The molecule has 2 rings (SSSR count). The van der Waals surface area contributed by atoms with Crippen LogP contribution in [0.25, 0.3) is 0 Å². The number of hydrogen-bond acceptors (Lipinski definition) is 3. The summed E-state index contributed by atoms with van der Waals surface area (Å²) in [6, 6.07) is 7.47. The molecule has 4 heteroatoms. The van der Waals surface area contributed by atoms with Crippen LogP contribution < -0.4 is 5.32 Å². The van der Waals surface area contributed by atoms with Crippen molar-refractivity contribution in [3.8, 4) is 0 Å². The zero-order valence-corrected chi connectivity index (χ0v) is 12.9. The molecular weight excluding hydrogens is 274 g/mol. The van der Waals surface area contributed by atoms with Crippen LogP contribution in [0.1, 0.15) is 39.5 Å². The van der Waals surface area contributed by atoms with Gasteiger partial charge in [-0.05, 0) is 49.9 Å². The smallest absolute Gasteiger partial charge is 0.331 e. The average Bonchev–Trinajstić information content (AvgIpc) is 2.42. The Hall–Kier alpha value is -1.22. The van der Waals surface area contributed by atoms with Crippen LogP contribution in [-0.2, 0) is 9.53 Å². The number of halogens is 1. The molecule has 1 aromatic rings. The number of carbonyl (C=O) groups excluding carboxylic acids is 1. The fourth-order valence-electron chi connectivity index (χ4n) is 2.98. The maximum Gasteiger partial charge on any atom is 0.331 e. The average molecular weight is 296 g/mol. The van der Waals surface area contributed by atoms with E-state index >= 15 is 0 Å². The van der Waals surface area contributed by atoms with E-state index in [-0.39, 0.29) is 5.97 Å². The van der Waals surface area contributed by atoms with Gasteiger partial charge < -0.3 is 10.1 Å². The van der Waals surface area contributed by atoms with Crippen molar-refractivity contribution in [2.75, 3.05) is 11.9 Å². The molecule has 0 radical (unpaired) electrons. The SMILES string of the molecule is CCOC(=O)C1(Nc2ccc(Cl)cc2)CCCC(C)C1. The van der Waals surface area contributed by atoms with E-state index in [0.29, 0.717) is 17.5 Å². The second-order valence-electron chi connectivity index (χ2n) is 5.64. The molecule has 1 fully saturated rings. The lowest BCUT2D eigenvalue weighted by Gasteiger charge is -2.39. The molecule has 0 heterocycles. The predicted octanol–water partition coefficient (Wildman–Crippen LogP) is 4.26. The molecule has 110 valence electrons. The summed E-state index contributed by atoms with van der Waals surface area (Å²) in [6.07, 6.45) is 3.84. The van der Waals surface area contributed by atoms with E-state index in [1.165, 1.54) is 6.42 Å². The molecule has 2 atom stereocenters. The van der Waals surface area contributed by atoms with Crippen LogP contribution in [-0.4, -0.2) is 18.1 Å². The maximum absolute atomic E-state index is 12.4. The van der Waals surface area contributed by atoms with E-state index in [4.69, 9.17) is 16.3 Å². The number of benzene rings is 1. The minimum absolute atomic E-state index is 0.137. The molecule has 0 bridgehead atoms. The fourth-order valence-corrected chi connectivity index (χ4v) is 3.11. The molecule has 0 aromatic heterocycles. The van der Waals surface area contributed by atoms with Crippen molar-refractivity contribution in [3.63, 3.8) is 0 Å². The Kier molecular flexibility index (Phi) is 4.92. The van der Waals surface area contributed by atoms with Crippen LogP contribution in [0.3, 0.4) is 0 Å². The first-order chi connectivity index (χ1) is 9.55. The molecule has 20 heavy (non-hydrogen) atoms. The highest BCUT2D eigenvalue weighted by molar-refractivity contribution is 6.30. The molecule has 2 unspecified atom stereocenters. The van der Waals surface area contributed by atoms with Gasteiger partial charge in [-0.2, -0.15) is 0 Å². The van der Waals surface area contributed by atoms with Gasteiger partial charge in [0.2, 0.25) is 0 Å². The van der Waals surface area contributed by atoms with Crippen LogP contribution in [0.2, 0.25) is 5.02 Å². The third-order valence-corrected chi connectivity index (χ3v) is 4.14. The third-order valence-electron chi connectivity index (χ3n) is 3.89. The van der Waals surface area contributed by atoms with Crippen molar-refractivity contribution in [3.05, 3.63) is 29.3 Å². The summed E-state index contributed by atoms with van der Waals surface area (Å²) in [5.41, 5.74) is 0.318. The van der Waals surface area contributed by atoms with Crippen molar-refractivity contribution >= 4 is 23.3 Å². The molecule has 1 saturated carbocycles. The fraction of sp³-hybridized carbons (Fsp3) is 0.562.